The Morgan fingerprint density at radius 3 is 3.16 bits per heavy atom. The molecule has 0 radical (unpaired) electrons. The number of aromatic nitrogens is 1. The van der Waals surface area contributed by atoms with Gasteiger partial charge < -0.3 is 4.74 Å². The predicted molar refractivity (Wildman–Crippen MR) is 75.3 cm³/mol. The van der Waals surface area contributed by atoms with E-state index in [1.165, 1.54) is 11.3 Å². The first-order chi connectivity index (χ1) is 9.16. The van der Waals surface area contributed by atoms with Crippen molar-refractivity contribution in [2.45, 2.75) is 13.0 Å². The second-order valence-corrected chi connectivity index (χ2v) is 5.43. The Balaban J connectivity index is 2.04. The summed E-state index contributed by atoms with van der Waals surface area (Å²) in [5, 5.41) is 2.26. The third-order valence-corrected chi connectivity index (χ3v) is 3.78. The van der Waals surface area contributed by atoms with Crippen molar-refractivity contribution in [3.63, 3.8) is 0 Å². The van der Waals surface area contributed by atoms with Gasteiger partial charge >= 0.3 is 0 Å². The van der Waals surface area contributed by atoms with Gasteiger partial charge in [-0.2, -0.15) is 0 Å². The Morgan fingerprint density at radius 1 is 1.58 bits per heavy atom. The van der Waals surface area contributed by atoms with Crippen molar-refractivity contribution in [2.24, 2.45) is 0 Å². The molecule has 98 valence electrons. The molecule has 0 spiro atoms. The van der Waals surface area contributed by atoms with Gasteiger partial charge in [0.15, 0.2) is 5.75 Å². The van der Waals surface area contributed by atoms with Crippen molar-refractivity contribution in [1.82, 2.24) is 4.98 Å². The first-order valence-corrected chi connectivity index (χ1v) is 7.14. The maximum Gasteiger partial charge on any atom is 0.277 e. The molecule has 0 N–H and O–H groups in total. The normalized spacial score (nSPS) is 17.8. The number of benzene rings is 1. The minimum absolute atomic E-state index is 0.102. The number of carbonyl (C=O) groups excluding carboxylic acids is 1. The molecule has 19 heavy (non-hydrogen) atoms. The standard InChI is InChI=1S/C13H11ClN2O2S/c1-8-5-16(13(17)10-6-19-7-15-10)11-4-2-3-9(14)12(11)18-8/h2-4,6-8H,5H2,1H3/t8-/m1/s1. The highest BCUT2D eigenvalue weighted by molar-refractivity contribution is 7.07. The van der Waals surface area contributed by atoms with Crippen LogP contribution in [0.25, 0.3) is 0 Å². The molecule has 3 rings (SSSR count). The summed E-state index contributed by atoms with van der Waals surface area (Å²) >= 11 is 7.53. The van der Waals surface area contributed by atoms with E-state index < -0.39 is 0 Å². The molecular weight excluding hydrogens is 284 g/mol. The topological polar surface area (TPSA) is 42.4 Å². The van der Waals surface area contributed by atoms with Gasteiger partial charge in [0, 0.05) is 5.38 Å². The van der Waals surface area contributed by atoms with Gasteiger partial charge in [-0.25, -0.2) is 4.98 Å². The molecule has 1 aliphatic rings. The number of nitrogens with zero attached hydrogens (tertiary/aromatic N) is 2. The van der Waals surface area contributed by atoms with E-state index in [9.17, 15) is 4.79 Å². The monoisotopic (exact) mass is 294 g/mol. The van der Waals surface area contributed by atoms with E-state index in [1.807, 2.05) is 19.1 Å². The van der Waals surface area contributed by atoms with Gasteiger partial charge in [0.2, 0.25) is 0 Å². The summed E-state index contributed by atoms with van der Waals surface area (Å²) in [6.07, 6.45) is -0.102. The summed E-state index contributed by atoms with van der Waals surface area (Å²) in [6.45, 7) is 2.40. The van der Waals surface area contributed by atoms with Gasteiger partial charge in [0.1, 0.15) is 11.8 Å². The molecule has 0 aliphatic carbocycles. The van der Waals surface area contributed by atoms with E-state index in [0.717, 1.165) is 0 Å². The second kappa shape index (κ2) is 4.83. The SMILES string of the molecule is C[C@@H]1CN(C(=O)c2cscn2)c2cccc(Cl)c2O1. The van der Waals surface area contributed by atoms with Gasteiger partial charge in [-0.3, -0.25) is 9.69 Å². The average Bonchev–Trinajstić information content (AvgIpc) is 2.92. The van der Waals surface area contributed by atoms with E-state index >= 15 is 0 Å². The lowest BCUT2D eigenvalue weighted by molar-refractivity contribution is 0.0957. The number of ether oxygens (including phenoxy) is 1. The van der Waals surface area contributed by atoms with Crippen LogP contribution in [0.1, 0.15) is 17.4 Å². The number of carbonyl (C=O) groups is 1. The quantitative estimate of drug-likeness (QED) is 0.811. The predicted octanol–water partition coefficient (Wildman–Crippen LogP) is 3.22. The lowest BCUT2D eigenvalue weighted by atomic mass is 10.2. The number of halogens is 1. The first-order valence-electron chi connectivity index (χ1n) is 5.82. The van der Waals surface area contributed by atoms with Crippen molar-refractivity contribution in [3.8, 4) is 5.75 Å². The Morgan fingerprint density at radius 2 is 2.42 bits per heavy atom. The molecule has 1 aliphatic heterocycles. The Hall–Kier alpha value is -1.59. The van der Waals surface area contributed by atoms with Crippen LogP contribution < -0.4 is 9.64 Å². The Labute approximate surface area is 119 Å². The van der Waals surface area contributed by atoms with Crippen LogP contribution in [0, 0.1) is 0 Å². The maximum atomic E-state index is 12.5. The number of para-hydroxylation sites is 1. The molecule has 0 saturated heterocycles. The van der Waals surface area contributed by atoms with Gasteiger partial charge in [-0.15, -0.1) is 11.3 Å². The van der Waals surface area contributed by atoms with Crippen molar-refractivity contribution in [1.29, 1.82) is 0 Å². The van der Waals surface area contributed by atoms with E-state index in [0.29, 0.717) is 28.7 Å². The van der Waals surface area contributed by atoms with E-state index in [-0.39, 0.29) is 12.0 Å². The zero-order chi connectivity index (χ0) is 13.4. The van der Waals surface area contributed by atoms with Gasteiger partial charge in [0.05, 0.1) is 22.8 Å². The molecule has 4 nitrogen and oxygen atoms in total. The molecule has 6 heteroatoms. The summed E-state index contributed by atoms with van der Waals surface area (Å²) < 4.78 is 5.72. The fourth-order valence-corrected chi connectivity index (χ4v) is 2.81. The van der Waals surface area contributed by atoms with Crippen molar-refractivity contribution >= 4 is 34.5 Å². The highest BCUT2D eigenvalue weighted by Gasteiger charge is 2.30. The highest BCUT2D eigenvalue weighted by atomic mass is 35.5. The fraction of sp³-hybridized carbons (Fsp3) is 0.231. The first kappa shape index (κ1) is 12.4. The molecule has 0 saturated carbocycles. The maximum absolute atomic E-state index is 12.5. The molecule has 1 aromatic carbocycles. The van der Waals surface area contributed by atoms with E-state index in [4.69, 9.17) is 16.3 Å². The number of rotatable bonds is 1. The largest absolute Gasteiger partial charge is 0.485 e. The number of fused-ring (bicyclic) bond motifs is 1. The fourth-order valence-electron chi connectivity index (χ4n) is 2.07. The second-order valence-electron chi connectivity index (χ2n) is 4.31. The molecule has 0 unspecified atom stereocenters. The summed E-state index contributed by atoms with van der Waals surface area (Å²) in [5.41, 5.74) is 2.80. The van der Waals surface area contributed by atoms with Crippen molar-refractivity contribution in [2.75, 3.05) is 11.4 Å². The lowest BCUT2D eigenvalue weighted by Gasteiger charge is -2.33. The molecule has 1 amide bonds. The summed E-state index contributed by atoms with van der Waals surface area (Å²) in [4.78, 5) is 18.2. The van der Waals surface area contributed by atoms with E-state index in [1.54, 1.807) is 21.9 Å². The molecule has 2 heterocycles. The molecule has 0 fully saturated rings. The minimum atomic E-state index is -0.125. The van der Waals surface area contributed by atoms with Crippen LogP contribution in [-0.4, -0.2) is 23.5 Å². The Bertz CT molecular complexity index is 615. The van der Waals surface area contributed by atoms with Crippen LogP contribution in [0.2, 0.25) is 5.02 Å². The van der Waals surface area contributed by atoms with E-state index in [2.05, 4.69) is 4.98 Å². The highest BCUT2D eigenvalue weighted by Crippen LogP contribution is 2.39. The summed E-state index contributed by atoms with van der Waals surface area (Å²) in [5.74, 6) is 0.436. The summed E-state index contributed by atoms with van der Waals surface area (Å²) in [6, 6.07) is 5.39. The zero-order valence-electron chi connectivity index (χ0n) is 10.2. The number of hydrogen-bond acceptors (Lipinski definition) is 4. The van der Waals surface area contributed by atoms with Crippen LogP contribution in [-0.2, 0) is 0 Å². The molecule has 0 bridgehead atoms. The molecule has 1 aromatic heterocycles. The zero-order valence-corrected chi connectivity index (χ0v) is 11.7. The number of thiazole rings is 1. The van der Waals surface area contributed by atoms with Crippen LogP contribution in [0.3, 0.4) is 0 Å². The Kier molecular flexibility index (Phi) is 3.16. The molecular formula is C13H11ClN2O2S. The van der Waals surface area contributed by atoms with Crippen LogP contribution in [0.15, 0.2) is 29.1 Å². The van der Waals surface area contributed by atoms with Crippen LogP contribution in [0.4, 0.5) is 5.69 Å². The molecule has 1 atom stereocenters. The average molecular weight is 295 g/mol. The van der Waals surface area contributed by atoms with Gasteiger partial charge in [0.25, 0.3) is 5.91 Å². The van der Waals surface area contributed by atoms with Gasteiger partial charge in [-0.1, -0.05) is 17.7 Å². The van der Waals surface area contributed by atoms with Crippen LogP contribution >= 0.6 is 22.9 Å². The van der Waals surface area contributed by atoms with Gasteiger partial charge in [-0.05, 0) is 19.1 Å². The number of hydrogen-bond donors (Lipinski definition) is 0. The third kappa shape index (κ3) is 2.19. The van der Waals surface area contributed by atoms with Crippen molar-refractivity contribution < 1.29 is 9.53 Å². The van der Waals surface area contributed by atoms with Crippen molar-refractivity contribution in [3.05, 3.63) is 39.8 Å². The van der Waals surface area contributed by atoms with Crippen LogP contribution in [0.5, 0.6) is 5.75 Å². The number of amides is 1. The smallest absolute Gasteiger partial charge is 0.277 e. The summed E-state index contributed by atoms with van der Waals surface area (Å²) in [7, 11) is 0. The lowest BCUT2D eigenvalue weighted by Crippen LogP contribution is -2.42. The minimum Gasteiger partial charge on any atom is -0.485 e. The third-order valence-electron chi connectivity index (χ3n) is 2.89. The number of anilines is 1. The molecule has 2 aromatic rings.